The fourth-order valence-corrected chi connectivity index (χ4v) is 2.89. The molecule has 7 nitrogen and oxygen atoms in total. The minimum Gasteiger partial charge on any atom is -0.480 e. The van der Waals surface area contributed by atoms with Crippen molar-refractivity contribution >= 4 is 23.5 Å². The molecule has 1 aromatic carbocycles. The van der Waals surface area contributed by atoms with Gasteiger partial charge in [-0.3, -0.25) is 9.59 Å². The number of carbonyl (C=O) groups excluding carboxylic acids is 2. The zero-order valence-electron chi connectivity index (χ0n) is 13.5. The molecule has 0 unspecified atom stereocenters. The Bertz CT molecular complexity index is 767. The van der Waals surface area contributed by atoms with E-state index in [2.05, 4.69) is 5.32 Å². The van der Waals surface area contributed by atoms with Gasteiger partial charge in [-0.15, -0.1) is 0 Å². The van der Waals surface area contributed by atoms with E-state index < -0.39 is 12.0 Å². The minimum absolute atomic E-state index is 0.192. The van der Waals surface area contributed by atoms with Crippen molar-refractivity contribution in [3.63, 3.8) is 0 Å². The number of amides is 2. The highest BCUT2D eigenvalue weighted by Crippen LogP contribution is 2.21. The highest BCUT2D eigenvalue weighted by atomic mass is 16.4. The van der Waals surface area contributed by atoms with Crippen LogP contribution in [0.1, 0.15) is 40.2 Å². The molecule has 130 valence electrons. The summed E-state index contributed by atoms with van der Waals surface area (Å²) in [5.41, 5.74) is 0.913. The number of furan rings is 1. The van der Waals surface area contributed by atoms with Gasteiger partial charge in [-0.25, -0.2) is 4.79 Å². The molecule has 7 heteroatoms. The number of carboxylic acids is 1. The molecule has 0 saturated carbocycles. The van der Waals surface area contributed by atoms with Gasteiger partial charge in [0.25, 0.3) is 11.8 Å². The summed E-state index contributed by atoms with van der Waals surface area (Å²) >= 11 is 0. The summed E-state index contributed by atoms with van der Waals surface area (Å²) in [4.78, 5) is 37.3. The van der Waals surface area contributed by atoms with E-state index in [1.165, 1.54) is 11.2 Å². The number of hydrogen-bond donors (Lipinski definition) is 2. The highest BCUT2D eigenvalue weighted by molar-refractivity contribution is 6.02. The van der Waals surface area contributed by atoms with Crippen molar-refractivity contribution < 1.29 is 23.9 Å². The normalized spacial score (nSPS) is 17.1. The maximum Gasteiger partial charge on any atom is 0.326 e. The molecule has 1 fully saturated rings. The van der Waals surface area contributed by atoms with Crippen molar-refractivity contribution in [3.8, 4) is 0 Å². The standard InChI is InChI=1S/C18H18N2O5/c21-16(15-5-3-11-25-15)19-13-8-6-12(7-9-13)17(22)20-10-2-1-4-14(20)18(23)24/h3,5-9,11,14H,1-2,4,10H2,(H,19,21)(H,23,24)/t14-/m1/s1. The molecule has 2 amide bonds. The molecular formula is C18H18N2O5. The summed E-state index contributed by atoms with van der Waals surface area (Å²) in [5.74, 6) is -1.48. The molecule has 1 aliphatic rings. The third-order valence-corrected chi connectivity index (χ3v) is 4.18. The lowest BCUT2D eigenvalue weighted by molar-refractivity contribution is -0.143. The quantitative estimate of drug-likeness (QED) is 0.889. The number of piperidine rings is 1. The van der Waals surface area contributed by atoms with E-state index in [1.807, 2.05) is 0 Å². The average Bonchev–Trinajstić information content (AvgIpc) is 3.16. The van der Waals surface area contributed by atoms with Crippen LogP contribution in [-0.4, -0.2) is 40.4 Å². The monoisotopic (exact) mass is 342 g/mol. The molecule has 2 heterocycles. The van der Waals surface area contributed by atoms with Gasteiger partial charge in [0.1, 0.15) is 6.04 Å². The predicted octanol–water partition coefficient (Wildman–Crippen LogP) is 2.61. The largest absolute Gasteiger partial charge is 0.480 e. The lowest BCUT2D eigenvalue weighted by Crippen LogP contribution is -2.47. The summed E-state index contributed by atoms with van der Waals surface area (Å²) < 4.78 is 5.01. The number of nitrogens with zero attached hydrogens (tertiary/aromatic N) is 1. The highest BCUT2D eigenvalue weighted by Gasteiger charge is 2.32. The number of carboxylic acid groups (broad SMARTS) is 1. The molecule has 1 atom stereocenters. The van der Waals surface area contributed by atoms with Crippen LogP contribution in [0.2, 0.25) is 0 Å². The number of hydrogen-bond acceptors (Lipinski definition) is 4. The van der Waals surface area contributed by atoms with Crippen molar-refractivity contribution in [1.82, 2.24) is 4.90 Å². The van der Waals surface area contributed by atoms with Gasteiger partial charge in [-0.2, -0.15) is 0 Å². The summed E-state index contributed by atoms with van der Waals surface area (Å²) in [6.07, 6.45) is 3.48. The Labute approximate surface area is 144 Å². The van der Waals surface area contributed by atoms with Crippen molar-refractivity contribution in [3.05, 3.63) is 54.0 Å². The first kappa shape index (κ1) is 16.8. The van der Waals surface area contributed by atoms with Gasteiger partial charge in [0.2, 0.25) is 0 Å². The summed E-state index contributed by atoms with van der Waals surface area (Å²) in [7, 11) is 0. The van der Waals surface area contributed by atoms with Crippen LogP contribution in [0.3, 0.4) is 0 Å². The zero-order valence-corrected chi connectivity index (χ0v) is 13.5. The Morgan fingerprint density at radius 1 is 1.12 bits per heavy atom. The predicted molar refractivity (Wildman–Crippen MR) is 89.4 cm³/mol. The molecule has 0 aliphatic carbocycles. The number of anilines is 1. The van der Waals surface area contributed by atoms with Crippen molar-refractivity contribution in [2.24, 2.45) is 0 Å². The van der Waals surface area contributed by atoms with E-state index in [4.69, 9.17) is 4.42 Å². The lowest BCUT2D eigenvalue weighted by Gasteiger charge is -2.33. The molecule has 0 spiro atoms. The smallest absolute Gasteiger partial charge is 0.326 e. The van der Waals surface area contributed by atoms with E-state index in [1.54, 1.807) is 36.4 Å². The van der Waals surface area contributed by atoms with E-state index in [9.17, 15) is 19.5 Å². The van der Waals surface area contributed by atoms with Crippen LogP contribution in [0.4, 0.5) is 5.69 Å². The second kappa shape index (κ2) is 7.21. The van der Waals surface area contributed by atoms with Crippen LogP contribution in [0, 0.1) is 0 Å². The average molecular weight is 342 g/mol. The first-order chi connectivity index (χ1) is 12.1. The number of carbonyl (C=O) groups is 3. The van der Waals surface area contributed by atoms with Gasteiger partial charge in [0, 0.05) is 17.8 Å². The van der Waals surface area contributed by atoms with Crippen LogP contribution in [0.15, 0.2) is 47.1 Å². The molecular weight excluding hydrogens is 324 g/mol. The Hall–Kier alpha value is -3.09. The molecule has 0 bridgehead atoms. The summed E-state index contributed by atoms with van der Waals surface area (Å²) in [5, 5.41) is 12.0. The van der Waals surface area contributed by atoms with E-state index >= 15 is 0 Å². The molecule has 0 radical (unpaired) electrons. The van der Waals surface area contributed by atoms with Crippen molar-refractivity contribution in [1.29, 1.82) is 0 Å². The Kier molecular flexibility index (Phi) is 4.83. The van der Waals surface area contributed by atoms with Crippen molar-refractivity contribution in [2.45, 2.75) is 25.3 Å². The molecule has 3 rings (SSSR count). The number of aliphatic carboxylic acids is 1. The second-order valence-electron chi connectivity index (χ2n) is 5.86. The molecule has 1 aliphatic heterocycles. The van der Waals surface area contributed by atoms with E-state index in [-0.39, 0.29) is 17.6 Å². The third kappa shape index (κ3) is 3.71. The lowest BCUT2D eigenvalue weighted by atomic mass is 10.0. The first-order valence-corrected chi connectivity index (χ1v) is 8.05. The van der Waals surface area contributed by atoms with Gasteiger partial charge in [0.15, 0.2) is 5.76 Å². The molecule has 2 N–H and O–H groups in total. The Morgan fingerprint density at radius 2 is 1.88 bits per heavy atom. The topological polar surface area (TPSA) is 99.9 Å². The van der Waals surface area contributed by atoms with Crippen molar-refractivity contribution in [2.75, 3.05) is 11.9 Å². The number of nitrogens with one attached hydrogen (secondary N) is 1. The third-order valence-electron chi connectivity index (χ3n) is 4.18. The Balaban J connectivity index is 1.70. The van der Waals surface area contributed by atoms with Gasteiger partial charge >= 0.3 is 5.97 Å². The number of likely N-dealkylation sites (tertiary alicyclic amines) is 1. The maximum atomic E-state index is 12.6. The van der Waals surface area contributed by atoms with E-state index in [0.717, 1.165) is 12.8 Å². The van der Waals surface area contributed by atoms with Crippen LogP contribution < -0.4 is 5.32 Å². The van der Waals surface area contributed by atoms with Gasteiger partial charge in [0.05, 0.1) is 6.26 Å². The van der Waals surface area contributed by atoms with Crippen LogP contribution in [0.5, 0.6) is 0 Å². The van der Waals surface area contributed by atoms with Gasteiger partial charge in [-0.05, 0) is 55.7 Å². The van der Waals surface area contributed by atoms with Crippen LogP contribution >= 0.6 is 0 Å². The van der Waals surface area contributed by atoms with Gasteiger partial charge < -0.3 is 19.7 Å². The second-order valence-corrected chi connectivity index (χ2v) is 5.86. The molecule has 1 saturated heterocycles. The molecule has 25 heavy (non-hydrogen) atoms. The maximum absolute atomic E-state index is 12.6. The zero-order chi connectivity index (χ0) is 17.8. The molecule has 1 aromatic heterocycles. The van der Waals surface area contributed by atoms with Crippen LogP contribution in [-0.2, 0) is 4.79 Å². The van der Waals surface area contributed by atoms with E-state index in [0.29, 0.717) is 24.2 Å². The summed E-state index contributed by atoms with van der Waals surface area (Å²) in [6.45, 7) is 0.437. The minimum atomic E-state index is -0.976. The fraction of sp³-hybridized carbons (Fsp3) is 0.278. The Morgan fingerprint density at radius 3 is 2.52 bits per heavy atom. The number of benzene rings is 1. The first-order valence-electron chi connectivity index (χ1n) is 8.05. The number of rotatable bonds is 4. The molecule has 2 aromatic rings. The van der Waals surface area contributed by atoms with Gasteiger partial charge in [-0.1, -0.05) is 0 Å². The fourth-order valence-electron chi connectivity index (χ4n) is 2.89. The summed E-state index contributed by atoms with van der Waals surface area (Å²) in [6, 6.07) is 8.76. The van der Waals surface area contributed by atoms with Crippen LogP contribution in [0.25, 0.3) is 0 Å². The SMILES string of the molecule is O=C(Nc1ccc(C(=O)N2CCCC[C@@H]2C(=O)O)cc1)c1ccco1.